The molecule has 0 fully saturated rings. The van der Waals surface area contributed by atoms with E-state index in [0.29, 0.717) is 12.0 Å². The Hall–Kier alpha value is -2.42. The SMILES string of the molecule is Cc1cc(C)c(C(=O)C(CC(C)CC(C)(C)C)C(=O)OCc2ccccc2)c(C)c1. The minimum absolute atomic E-state index is 0.121. The predicted octanol–water partition coefficient (Wildman–Crippen LogP) is 6.62. The van der Waals surface area contributed by atoms with Gasteiger partial charge in [-0.3, -0.25) is 9.59 Å². The van der Waals surface area contributed by atoms with Crippen molar-refractivity contribution in [3.8, 4) is 0 Å². The Morgan fingerprint density at radius 3 is 2.07 bits per heavy atom. The molecule has 3 nitrogen and oxygen atoms in total. The van der Waals surface area contributed by atoms with E-state index in [0.717, 1.165) is 28.7 Å². The van der Waals surface area contributed by atoms with E-state index in [4.69, 9.17) is 4.74 Å². The lowest BCUT2D eigenvalue weighted by molar-refractivity contribution is -0.148. The molecular weight excluding hydrogens is 372 g/mol. The monoisotopic (exact) mass is 408 g/mol. The number of hydrogen-bond donors (Lipinski definition) is 0. The number of ether oxygens (including phenoxy) is 1. The molecule has 2 aromatic carbocycles. The van der Waals surface area contributed by atoms with Crippen LogP contribution in [0.4, 0.5) is 0 Å². The molecule has 0 bridgehead atoms. The molecular formula is C27H36O3. The average molecular weight is 409 g/mol. The Labute approximate surface area is 181 Å². The topological polar surface area (TPSA) is 43.4 Å². The van der Waals surface area contributed by atoms with Crippen molar-refractivity contribution in [2.75, 3.05) is 0 Å². The fourth-order valence-electron chi connectivity index (χ4n) is 4.41. The third kappa shape index (κ3) is 6.83. The molecule has 162 valence electrons. The highest BCUT2D eigenvalue weighted by Gasteiger charge is 2.33. The zero-order chi connectivity index (χ0) is 22.5. The molecule has 2 unspecified atom stereocenters. The van der Waals surface area contributed by atoms with Gasteiger partial charge in [0.05, 0.1) is 0 Å². The third-order valence-corrected chi connectivity index (χ3v) is 5.35. The second-order valence-corrected chi connectivity index (χ2v) is 9.89. The van der Waals surface area contributed by atoms with E-state index < -0.39 is 11.9 Å². The quantitative estimate of drug-likeness (QED) is 0.280. The molecule has 0 spiro atoms. The van der Waals surface area contributed by atoms with Crippen molar-refractivity contribution < 1.29 is 14.3 Å². The lowest BCUT2D eigenvalue weighted by atomic mass is 9.79. The molecule has 3 heteroatoms. The molecule has 0 aliphatic carbocycles. The van der Waals surface area contributed by atoms with Crippen molar-refractivity contribution in [1.82, 2.24) is 0 Å². The fourth-order valence-corrected chi connectivity index (χ4v) is 4.41. The van der Waals surface area contributed by atoms with Crippen molar-refractivity contribution in [3.63, 3.8) is 0 Å². The first-order valence-electron chi connectivity index (χ1n) is 10.8. The molecule has 0 heterocycles. The highest BCUT2D eigenvalue weighted by atomic mass is 16.5. The summed E-state index contributed by atoms with van der Waals surface area (Å²) in [6, 6.07) is 13.6. The molecule has 2 rings (SSSR count). The summed E-state index contributed by atoms with van der Waals surface area (Å²) in [5, 5.41) is 0. The molecule has 0 N–H and O–H groups in total. The van der Waals surface area contributed by atoms with Crippen LogP contribution >= 0.6 is 0 Å². The average Bonchev–Trinajstić information content (AvgIpc) is 2.62. The Balaban J connectivity index is 2.28. The first-order valence-corrected chi connectivity index (χ1v) is 10.8. The minimum Gasteiger partial charge on any atom is -0.460 e. The van der Waals surface area contributed by atoms with E-state index in [1.807, 2.05) is 63.2 Å². The van der Waals surface area contributed by atoms with Gasteiger partial charge >= 0.3 is 5.97 Å². The van der Waals surface area contributed by atoms with Gasteiger partial charge in [0, 0.05) is 5.56 Å². The summed E-state index contributed by atoms with van der Waals surface area (Å²) in [5.74, 6) is -1.10. The molecule has 0 aromatic heterocycles. The minimum atomic E-state index is -0.786. The number of esters is 1. The Kier molecular flexibility index (Phi) is 8.00. The van der Waals surface area contributed by atoms with Crippen LogP contribution in [0.25, 0.3) is 0 Å². The van der Waals surface area contributed by atoms with Crippen molar-refractivity contribution >= 4 is 11.8 Å². The molecule has 0 radical (unpaired) electrons. The van der Waals surface area contributed by atoms with Crippen LogP contribution in [-0.2, 0) is 16.1 Å². The van der Waals surface area contributed by atoms with Crippen LogP contribution in [0.3, 0.4) is 0 Å². The van der Waals surface area contributed by atoms with Crippen molar-refractivity contribution in [1.29, 1.82) is 0 Å². The first-order chi connectivity index (χ1) is 14.0. The van der Waals surface area contributed by atoms with Gasteiger partial charge in [-0.15, -0.1) is 0 Å². The van der Waals surface area contributed by atoms with E-state index in [1.54, 1.807) is 0 Å². The molecule has 0 aliphatic heterocycles. The summed E-state index contributed by atoms with van der Waals surface area (Å²) >= 11 is 0. The van der Waals surface area contributed by atoms with Gasteiger partial charge in [0.2, 0.25) is 0 Å². The Bertz CT molecular complexity index is 852. The van der Waals surface area contributed by atoms with Crippen LogP contribution in [-0.4, -0.2) is 11.8 Å². The van der Waals surface area contributed by atoms with Crippen molar-refractivity contribution in [2.45, 2.75) is 67.9 Å². The van der Waals surface area contributed by atoms with Crippen LogP contribution in [0.5, 0.6) is 0 Å². The summed E-state index contributed by atoms with van der Waals surface area (Å²) < 4.78 is 5.61. The van der Waals surface area contributed by atoms with Gasteiger partial charge in [0.15, 0.2) is 5.78 Å². The summed E-state index contributed by atoms with van der Waals surface area (Å²) in [6.45, 7) is 14.8. The molecule has 30 heavy (non-hydrogen) atoms. The number of rotatable bonds is 8. The maximum absolute atomic E-state index is 13.6. The molecule has 2 aromatic rings. The number of benzene rings is 2. The normalized spacial score (nSPS) is 13.6. The first kappa shape index (κ1) is 23.9. The zero-order valence-corrected chi connectivity index (χ0v) is 19.5. The van der Waals surface area contributed by atoms with Gasteiger partial charge in [-0.25, -0.2) is 0 Å². The summed E-state index contributed by atoms with van der Waals surface area (Å²) in [4.78, 5) is 26.6. The standard InChI is InChI=1S/C27H36O3/c1-18-13-20(3)24(21(4)14-18)25(28)23(15-19(2)16-27(5,6)7)26(29)30-17-22-11-9-8-10-12-22/h8-14,19,23H,15-17H2,1-7H3. The summed E-state index contributed by atoms with van der Waals surface area (Å²) in [7, 11) is 0. The van der Waals surface area contributed by atoms with Gasteiger partial charge in [-0.05, 0) is 61.6 Å². The Morgan fingerprint density at radius 1 is 0.967 bits per heavy atom. The highest BCUT2D eigenvalue weighted by molar-refractivity contribution is 6.10. The van der Waals surface area contributed by atoms with Crippen molar-refractivity contribution in [3.05, 3.63) is 70.3 Å². The van der Waals surface area contributed by atoms with Gasteiger partial charge < -0.3 is 4.74 Å². The molecule has 2 atom stereocenters. The van der Waals surface area contributed by atoms with E-state index in [1.165, 1.54) is 0 Å². The largest absolute Gasteiger partial charge is 0.460 e. The zero-order valence-electron chi connectivity index (χ0n) is 19.5. The smallest absolute Gasteiger partial charge is 0.317 e. The lowest BCUT2D eigenvalue weighted by Crippen LogP contribution is -2.30. The fraction of sp³-hybridized carbons (Fsp3) is 0.481. The molecule has 0 amide bonds. The number of Topliss-reactive ketones (excluding diaryl/α,β-unsaturated/α-hetero) is 1. The van der Waals surface area contributed by atoms with E-state index in [-0.39, 0.29) is 23.7 Å². The van der Waals surface area contributed by atoms with Gasteiger partial charge in [-0.2, -0.15) is 0 Å². The lowest BCUT2D eigenvalue weighted by Gasteiger charge is -2.26. The number of aryl methyl sites for hydroxylation is 3. The maximum Gasteiger partial charge on any atom is 0.317 e. The summed E-state index contributed by atoms with van der Waals surface area (Å²) in [6.07, 6.45) is 1.44. The second-order valence-electron chi connectivity index (χ2n) is 9.89. The van der Waals surface area contributed by atoms with Gasteiger partial charge in [0.25, 0.3) is 0 Å². The second kappa shape index (κ2) is 10.1. The van der Waals surface area contributed by atoms with Crippen LogP contribution < -0.4 is 0 Å². The van der Waals surface area contributed by atoms with Crippen LogP contribution in [0.2, 0.25) is 0 Å². The van der Waals surface area contributed by atoms with Gasteiger partial charge in [0.1, 0.15) is 12.5 Å². The van der Waals surface area contributed by atoms with Gasteiger partial charge in [-0.1, -0.05) is 75.7 Å². The van der Waals surface area contributed by atoms with E-state index in [2.05, 4.69) is 27.7 Å². The molecule has 0 aliphatic rings. The number of carbonyl (C=O) groups is 2. The van der Waals surface area contributed by atoms with Crippen molar-refractivity contribution in [2.24, 2.45) is 17.3 Å². The predicted molar refractivity (Wildman–Crippen MR) is 123 cm³/mol. The van der Waals surface area contributed by atoms with E-state index >= 15 is 0 Å². The number of hydrogen-bond acceptors (Lipinski definition) is 3. The number of ketones is 1. The third-order valence-electron chi connectivity index (χ3n) is 5.35. The summed E-state index contributed by atoms with van der Waals surface area (Å²) in [5.41, 5.74) is 4.67. The number of carbonyl (C=O) groups excluding carboxylic acids is 2. The molecule has 0 saturated carbocycles. The molecule has 0 saturated heterocycles. The van der Waals surface area contributed by atoms with Crippen LogP contribution in [0, 0.1) is 38.0 Å². The Morgan fingerprint density at radius 2 is 1.53 bits per heavy atom. The maximum atomic E-state index is 13.6. The highest BCUT2D eigenvalue weighted by Crippen LogP contribution is 2.31. The van der Waals surface area contributed by atoms with E-state index in [9.17, 15) is 9.59 Å². The van der Waals surface area contributed by atoms with Crippen LogP contribution in [0.15, 0.2) is 42.5 Å². The van der Waals surface area contributed by atoms with Crippen LogP contribution in [0.1, 0.15) is 73.1 Å².